The van der Waals surface area contributed by atoms with Crippen LogP contribution in [0.5, 0.6) is 0 Å². The lowest BCUT2D eigenvalue weighted by molar-refractivity contribution is -0.968. The molecule has 0 aliphatic carbocycles. The van der Waals surface area contributed by atoms with Gasteiger partial charge in [0.05, 0.1) is 26.2 Å². The number of halogens is 2. The fraction of sp³-hybridized carbons (Fsp3) is 0.500. The molecule has 0 unspecified atom stereocenters. The fourth-order valence-electron chi connectivity index (χ4n) is 3.31. The summed E-state index contributed by atoms with van der Waals surface area (Å²) in [6, 6.07) is 0. The molecular weight excluding hydrogens is 380 g/mol. The van der Waals surface area contributed by atoms with Gasteiger partial charge in [0.15, 0.2) is 0 Å². The van der Waals surface area contributed by atoms with Crippen molar-refractivity contribution < 1.29 is 21.5 Å². The molecule has 2 nitrogen and oxygen atoms in total. The van der Waals surface area contributed by atoms with Crippen molar-refractivity contribution in [1.82, 2.24) is 5.32 Å². The number of nitrogens with one attached hydrogen (secondary N) is 1. The highest BCUT2D eigenvalue weighted by molar-refractivity contribution is 8.93. The van der Waals surface area contributed by atoms with E-state index in [9.17, 15) is 0 Å². The van der Waals surface area contributed by atoms with Crippen molar-refractivity contribution in [2.45, 2.75) is 18.4 Å². The third-order valence-corrected chi connectivity index (χ3v) is 4.18. The molecule has 0 spiro atoms. The van der Waals surface area contributed by atoms with Crippen molar-refractivity contribution >= 4 is 17.0 Å². The molecule has 0 aromatic carbocycles. The molecule has 20 heavy (non-hydrogen) atoms. The van der Waals surface area contributed by atoms with Gasteiger partial charge in [-0.05, 0) is 12.2 Å². The normalized spacial score (nSPS) is 18.8. The van der Waals surface area contributed by atoms with Crippen LogP contribution in [0, 0.1) is 0 Å². The molecular formula is C16H28Br2N2. The van der Waals surface area contributed by atoms with Crippen LogP contribution < -0.4 is 22.3 Å². The molecule has 0 aromatic heterocycles. The first-order valence-corrected chi connectivity index (χ1v) is 6.71. The number of nitrogens with zero attached hydrogens (tertiary/aromatic N) is 1. The van der Waals surface area contributed by atoms with E-state index >= 15 is 0 Å². The van der Waals surface area contributed by atoms with Crippen LogP contribution >= 0.6 is 17.0 Å². The zero-order chi connectivity index (χ0) is 13.5. The average Bonchev–Trinajstić information content (AvgIpc) is 2.34. The third kappa shape index (κ3) is 4.42. The van der Waals surface area contributed by atoms with Crippen molar-refractivity contribution in [3.8, 4) is 0 Å². The molecule has 1 aliphatic rings. The van der Waals surface area contributed by atoms with Gasteiger partial charge in [0.2, 0.25) is 0 Å². The van der Waals surface area contributed by atoms with Crippen molar-refractivity contribution in [3.63, 3.8) is 0 Å². The van der Waals surface area contributed by atoms with E-state index in [-0.39, 0.29) is 39.5 Å². The monoisotopic (exact) mass is 406 g/mol. The molecule has 1 N–H and O–H groups in total. The summed E-state index contributed by atoms with van der Waals surface area (Å²) in [5.74, 6) is 0. The van der Waals surface area contributed by atoms with Gasteiger partial charge in [-0.1, -0.05) is 25.3 Å². The van der Waals surface area contributed by atoms with Gasteiger partial charge in [0.1, 0.15) is 5.54 Å². The predicted molar refractivity (Wildman–Crippen MR) is 90.8 cm³/mol. The van der Waals surface area contributed by atoms with Crippen LogP contribution in [0.2, 0.25) is 0 Å². The van der Waals surface area contributed by atoms with Gasteiger partial charge in [0.25, 0.3) is 0 Å². The van der Waals surface area contributed by atoms with Gasteiger partial charge < -0.3 is 26.8 Å². The van der Waals surface area contributed by atoms with Gasteiger partial charge >= 0.3 is 0 Å². The van der Waals surface area contributed by atoms with Gasteiger partial charge in [-0.2, -0.15) is 0 Å². The summed E-state index contributed by atoms with van der Waals surface area (Å²) >= 11 is 0. The van der Waals surface area contributed by atoms with Crippen molar-refractivity contribution in [1.29, 1.82) is 0 Å². The van der Waals surface area contributed by atoms with Crippen molar-refractivity contribution in [3.05, 3.63) is 50.6 Å². The summed E-state index contributed by atoms with van der Waals surface area (Å²) in [6.07, 6.45) is 10.1. The number of rotatable bonds is 8. The number of quaternary nitrogens is 1. The first-order valence-electron chi connectivity index (χ1n) is 6.71. The highest BCUT2D eigenvalue weighted by Gasteiger charge is 2.49. The largest absolute Gasteiger partial charge is 1.00 e. The molecule has 116 valence electrons. The summed E-state index contributed by atoms with van der Waals surface area (Å²) in [6.45, 7) is 20.9. The maximum atomic E-state index is 3.95. The quantitative estimate of drug-likeness (QED) is 0.449. The van der Waals surface area contributed by atoms with Crippen LogP contribution in [0.1, 0.15) is 12.8 Å². The van der Waals surface area contributed by atoms with Crippen molar-refractivity contribution in [2.75, 3.05) is 32.7 Å². The zero-order valence-electron chi connectivity index (χ0n) is 12.3. The van der Waals surface area contributed by atoms with Crippen LogP contribution in [0.3, 0.4) is 0 Å². The molecule has 0 saturated carbocycles. The molecule has 0 bridgehead atoms. The number of hydrogen-bond acceptors (Lipinski definition) is 1. The Balaban J connectivity index is 0. The lowest BCUT2D eigenvalue weighted by Crippen LogP contribution is -3.00. The second-order valence-corrected chi connectivity index (χ2v) is 5.20. The maximum Gasteiger partial charge on any atom is 0.119 e. The Labute approximate surface area is 145 Å². The minimum absolute atomic E-state index is 0. The third-order valence-electron chi connectivity index (χ3n) is 4.18. The Hall–Kier alpha value is -0.160. The van der Waals surface area contributed by atoms with E-state index in [1.54, 1.807) is 0 Å². The topological polar surface area (TPSA) is 12.0 Å². The molecule has 1 rings (SSSR count). The highest BCUT2D eigenvalue weighted by atomic mass is 79.9. The summed E-state index contributed by atoms with van der Waals surface area (Å²) in [5.41, 5.74) is 0.143. The maximum absolute atomic E-state index is 3.95. The van der Waals surface area contributed by atoms with Crippen molar-refractivity contribution in [2.24, 2.45) is 0 Å². The smallest absolute Gasteiger partial charge is 0.119 e. The SMILES string of the molecule is Br.C=CCC1(CC=C)CNCC[N+]1(CC=C)CC=C.[Br-]. The molecule has 0 amide bonds. The Kier molecular flexibility index (Phi) is 11.7. The lowest BCUT2D eigenvalue weighted by atomic mass is 9.83. The van der Waals surface area contributed by atoms with E-state index in [0.29, 0.717) is 0 Å². The van der Waals surface area contributed by atoms with E-state index < -0.39 is 0 Å². The van der Waals surface area contributed by atoms with E-state index in [4.69, 9.17) is 0 Å². The molecule has 0 aromatic rings. The first kappa shape index (κ1) is 22.1. The Morgan fingerprint density at radius 3 is 1.85 bits per heavy atom. The van der Waals surface area contributed by atoms with Gasteiger partial charge in [0, 0.05) is 19.4 Å². The van der Waals surface area contributed by atoms with Crippen LogP contribution in [-0.4, -0.2) is 42.7 Å². The summed E-state index contributed by atoms with van der Waals surface area (Å²) in [5, 5.41) is 3.54. The fourth-order valence-corrected chi connectivity index (χ4v) is 3.31. The lowest BCUT2D eigenvalue weighted by Gasteiger charge is -2.55. The van der Waals surface area contributed by atoms with E-state index in [1.807, 2.05) is 24.3 Å². The van der Waals surface area contributed by atoms with Crippen LogP contribution in [-0.2, 0) is 0 Å². The van der Waals surface area contributed by atoms with E-state index in [0.717, 1.165) is 50.0 Å². The van der Waals surface area contributed by atoms with E-state index in [2.05, 4.69) is 31.6 Å². The minimum Gasteiger partial charge on any atom is -1.00 e. The van der Waals surface area contributed by atoms with Crippen LogP contribution in [0.15, 0.2) is 50.6 Å². The van der Waals surface area contributed by atoms with E-state index in [1.165, 1.54) is 0 Å². The van der Waals surface area contributed by atoms with Gasteiger partial charge in [-0.3, -0.25) is 0 Å². The predicted octanol–water partition coefficient (Wildman–Crippen LogP) is 0.251. The number of hydrogen-bond donors (Lipinski definition) is 1. The standard InChI is InChI=1S/C16H27N2.2BrH/c1-5-9-16(10-6-2)15-17-11-14-18(16,12-7-3)13-8-4;;/h5-8,17H,1-4,9-15H2;2*1H/q+1;;/p-1. The van der Waals surface area contributed by atoms with Gasteiger partial charge in [-0.25, -0.2) is 0 Å². The van der Waals surface area contributed by atoms with Crippen LogP contribution in [0.4, 0.5) is 0 Å². The van der Waals surface area contributed by atoms with Gasteiger partial charge in [-0.15, -0.1) is 30.1 Å². The second-order valence-electron chi connectivity index (χ2n) is 5.20. The molecule has 1 aliphatic heterocycles. The number of piperazine rings is 1. The Morgan fingerprint density at radius 2 is 1.45 bits per heavy atom. The zero-order valence-corrected chi connectivity index (χ0v) is 15.6. The summed E-state index contributed by atoms with van der Waals surface area (Å²) < 4.78 is 1.02. The Morgan fingerprint density at radius 1 is 0.950 bits per heavy atom. The van der Waals surface area contributed by atoms with Crippen LogP contribution in [0.25, 0.3) is 0 Å². The molecule has 1 fully saturated rings. The minimum atomic E-state index is 0. The highest BCUT2D eigenvalue weighted by Crippen LogP contribution is 2.34. The molecule has 0 radical (unpaired) electrons. The first-order chi connectivity index (χ1) is 8.70. The molecule has 0 atom stereocenters. The average molecular weight is 408 g/mol. The Bertz CT molecular complexity index is 274. The summed E-state index contributed by atoms with van der Waals surface area (Å²) in [4.78, 5) is 0. The molecule has 1 saturated heterocycles. The molecule has 4 heteroatoms. The molecule has 1 heterocycles. The second kappa shape index (κ2) is 10.6. The summed E-state index contributed by atoms with van der Waals surface area (Å²) in [7, 11) is 0.